The Hall–Kier alpha value is -1.24. The zero-order chi connectivity index (χ0) is 11.0. The van der Waals surface area contributed by atoms with E-state index in [4.69, 9.17) is 4.42 Å². The van der Waals surface area contributed by atoms with E-state index in [0.717, 1.165) is 11.5 Å². The predicted molar refractivity (Wildman–Crippen MR) is 66.8 cm³/mol. The van der Waals surface area contributed by atoms with Crippen LogP contribution in [0, 0.1) is 6.92 Å². The third kappa shape index (κ3) is 1.55. The van der Waals surface area contributed by atoms with Gasteiger partial charge in [-0.3, -0.25) is 0 Å². The predicted octanol–water partition coefficient (Wildman–Crippen LogP) is 4.79. The highest BCUT2D eigenvalue weighted by Gasteiger charge is 2.19. The molecule has 0 atom stereocenters. The number of rotatable bonds is 1. The van der Waals surface area contributed by atoms with Gasteiger partial charge >= 0.3 is 0 Å². The van der Waals surface area contributed by atoms with Gasteiger partial charge in [-0.25, -0.2) is 0 Å². The lowest BCUT2D eigenvalue weighted by molar-refractivity contribution is 0.441. The summed E-state index contributed by atoms with van der Waals surface area (Å²) in [6.07, 6.45) is 8.65. The molecule has 0 bridgehead atoms. The number of hydrogen-bond acceptors (Lipinski definition) is 1. The largest absolute Gasteiger partial charge is 0.464 e. The zero-order valence-corrected chi connectivity index (χ0v) is 9.83. The Morgan fingerprint density at radius 2 is 1.88 bits per heavy atom. The van der Waals surface area contributed by atoms with Crippen LogP contribution in [-0.2, 0) is 0 Å². The Labute approximate surface area is 96.5 Å². The molecule has 1 aliphatic carbocycles. The topological polar surface area (TPSA) is 13.1 Å². The van der Waals surface area contributed by atoms with Crippen LogP contribution < -0.4 is 0 Å². The maximum Gasteiger partial charge on any atom is 0.137 e. The fraction of sp³-hybridized carbons (Fsp3) is 0.467. The second-order valence-electron chi connectivity index (χ2n) is 4.97. The van der Waals surface area contributed by atoms with E-state index in [1.807, 2.05) is 6.26 Å². The zero-order valence-electron chi connectivity index (χ0n) is 9.83. The molecule has 0 N–H and O–H groups in total. The van der Waals surface area contributed by atoms with Gasteiger partial charge in [0.1, 0.15) is 5.58 Å². The fourth-order valence-corrected chi connectivity index (χ4v) is 2.96. The minimum atomic E-state index is 0.725. The van der Waals surface area contributed by atoms with Crippen LogP contribution >= 0.6 is 0 Å². The fourth-order valence-electron chi connectivity index (χ4n) is 2.96. The molecule has 1 heterocycles. The van der Waals surface area contributed by atoms with Gasteiger partial charge in [0.2, 0.25) is 0 Å². The van der Waals surface area contributed by atoms with Gasteiger partial charge in [0.25, 0.3) is 0 Å². The van der Waals surface area contributed by atoms with Gasteiger partial charge in [-0.05, 0) is 42.9 Å². The Morgan fingerprint density at radius 1 is 1.06 bits per heavy atom. The quantitative estimate of drug-likeness (QED) is 0.665. The van der Waals surface area contributed by atoms with Crippen LogP contribution in [0.25, 0.3) is 11.0 Å². The summed E-state index contributed by atoms with van der Waals surface area (Å²) < 4.78 is 5.68. The molecule has 1 fully saturated rings. The van der Waals surface area contributed by atoms with E-state index >= 15 is 0 Å². The monoisotopic (exact) mass is 214 g/mol. The van der Waals surface area contributed by atoms with Gasteiger partial charge in [0.05, 0.1) is 6.26 Å². The molecule has 3 rings (SSSR count). The molecule has 16 heavy (non-hydrogen) atoms. The highest BCUT2D eigenvalue weighted by Crippen LogP contribution is 2.37. The lowest BCUT2D eigenvalue weighted by atomic mass is 9.83. The number of benzene rings is 1. The Morgan fingerprint density at radius 3 is 2.69 bits per heavy atom. The maximum absolute atomic E-state index is 5.68. The summed E-state index contributed by atoms with van der Waals surface area (Å²) in [6, 6.07) is 6.61. The van der Waals surface area contributed by atoms with Crippen LogP contribution in [0.5, 0.6) is 0 Å². The molecule has 2 aromatic rings. The molecule has 1 aliphatic rings. The second kappa shape index (κ2) is 3.97. The standard InChI is InChI=1S/C15H18O/c1-11-7-8-14(12-5-3-2-4-6-12)15-13(11)9-10-16-15/h7-10,12H,2-6H2,1H3. The van der Waals surface area contributed by atoms with E-state index in [2.05, 4.69) is 25.1 Å². The molecular weight excluding hydrogens is 196 g/mol. The van der Waals surface area contributed by atoms with Crippen molar-refractivity contribution in [3.8, 4) is 0 Å². The summed E-state index contributed by atoms with van der Waals surface area (Å²) in [5, 5.41) is 1.29. The molecule has 1 saturated carbocycles. The van der Waals surface area contributed by atoms with Crippen molar-refractivity contribution >= 4 is 11.0 Å². The normalized spacial score (nSPS) is 18.1. The van der Waals surface area contributed by atoms with Crippen molar-refractivity contribution in [1.82, 2.24) is 0 Å². The first-order valence-electron chi connectivity index (χ1n) is 6.33. The molecule has 0 radical (unpaired) electrons. The summed E-state index contributed by atoms with van der Waals surface area (Å²) in [4.78, 5) is 0. The summed E-state index contributed by atoms with van der Waals surface area (Å²) in [5.41, 5.74) is 3.89. The highest BCUT2D eigenvalue weighted by molar-refractivity contribution is 5.84. The van der Waals surface area contributed by atoms with Crippen molar-refractivity contribution in [2.75, 3.05) is 0 Å². The lowest BCUT2D eigenvalue weighted by Crippen LogP contribution is -2.04. The third-order valence-electron chi connectivity index (χ3n) is 3.91. The van der Waals surface area contributed by atoms with Crippen LogP contribution in [0.15, 0.2) is 28.9 Å². The second-order valence-corrected chi connectivity index (χ2v) is 4.97. The van der Waals surface area contributed by atoms with Crippen molar-refractivity contribution in [3.63, 3.8) is 0 Å². The SMILES string of the molecule is Cc1ccc(C2CCCCC2)c2occc12. The van der Waals surface area contributed by atoms with E-state index < -0.39 is 0 Å². The van der Waals surface area contributed by atoms with Crippen molar-refractivity contribution in [2.24, 2.45) is 0 Å². The summed E-state index contributed by atoms with van der Waals surface area (Å²) in [6.45, 7) is 2.16. The average Bonchev–Trinajstić information content (AvgIpc) is 2.81. The highest BCUT2D eigenvalue weighted by atomic mass is 16.3. The average molecular weight is 214 g/mol. The molecule has 1 nitrogen and oxygen atoms in total. The van der Waals surface area contributed by atoms with Gasteiger partial charge in [0, 0.05) is 5.39 Å². The van der Waals surface area contributed by atoms with Gasteiger partial charge in [-0.1, -0.05) is 31.4 Å². The molecule has 0 saturated heterocycles. The Kier molecular flexibility index (Phi) is 2.47. The van der Waals surface area contributed by atoms with Crippen molar-refractivity contribution in [2.45, 2.75) is 44.9 Å². The van der Waals surface area contributed by atoms with Gasteiger partial charge in [-0.15, -0.1) is 0 Å². The van der Waals surface area contributed by atoms with Gasteiger partial charge in [0.15, 0.2) is 0 Å². The molecule has 84 valence electrons. The minimum absolute atomic E-state index is 0.725. The van der Waals surface area contributed by atoms with Crippen LogP contribution in [-0.4, -0.2) is 0 Å². The van der Waals surface area contributed by atoms with Crippen LogP contribution in [0.2, 0.25) is 0 Å². The maximum atomic E-state index is 5.68. The number of hydrogen-bond donors (Lipinski definition) is 0. The Bertz CT molecular complexity index is 489. The van der Waals surface area contributed by atoms with E-state index in [0.29, 0.717) is 0 Å². The van der Waals surface area contributed by atoms with E-state index in [1.165, 1.54) is 48.6 Å². The molecule has 1 aromatic carbocycles. The van der Waals surface area contributed by atoms with Crippen molar-refractivity contribution in [1.29, 1.82) is 0 Å². The van der Waals surface area contributed by atoms with Crippen LogP contribution in [0.4, 0.5) is 0 Å². The smallest absolute Gasteiger partial charge is 0.137 e. The van der Waals surface area contributed by atoms with Crippen LogP contribution in [0.1, 0.15) is 49.1 Å². The van der Waals surface area contributed by atoms with Crippen molar-refractivity contribution in [3.05, 3.63) is 35.6 Å². The first kappa shape index (κ1) is 9.95. The van der Waals surface area contributed by atoms with Gasteiger partial charge in [-0.2, -0.15) is 0 Å². The molecule has 0 spiro atoms. The summed E-state index contributed by atoms with van der Waals surface area (Å²) >= 11 is 0. The van der Waals surface area contributed by atoms with Crippen molar-refractivity contribution < 1.29 is 4.42 Å². The number of furan rings is 1. The van der Waals surface area contributed by atoms with E-state index in [1.54, 1.807) is 0 Å². The van der Waals surface area contributed by atoms with Gasteiger partial charge < -0.3 is 4.42 Å². The van der Waals surface area contributed by atoms with E-state index in [-0.39, 0.29) is 0 Å². The molecule has 1 aromatic heterocycles. The molecule has 0 unspecified atom stereocenters. The number of aryl methyl sites for hydroxylation is 1. The molecule has 0 amide bonds. The number of fused-ring (bicyclic) bond motifs is 1. The minimum Gasteiger partial charge on any atom is -0.464 e. The van der Waals surface area contributed by atoms with Crippen LogP contribution in [0.3, 0.4) is 0 Å². The molecular formula is C15H18O. The Balaban J connectivity index is 2.08. The summed E-state index contributed by atoms with van der Waals surface area (Å²) in [7, 11) is 0. The first-order valence-corrected chi connectivity index (χ1v) is 6.33. The molecule has 1 heteroatoms. The van der Waals surface area contributed by atoms with E-state index in [9.17, 15) is 0 Å². The molecule has 0 aliphatic heterocycles. The lowest BCUT2D eigenvalue weighted by Gasteiger charge is -2.22. The third-order valence-corrected chi connectivity index (χ3v) is 3.91. The first-order chi connectivity index (χ1) is 7.86. The summed E-state index contributed by atoms with van der Waals surface area (Å²) in [5.74, 6) is 0.725.